The molecule has 0 spiro atoms. The van der Waals surface area contributed by atoms with Crippen molar-refractivity contribution in [1.29, 1.82) is 0 Å². The smallest absolute Gasteiger partial charge is 0.226 e. The molecular formula is C19H28N4O. The van der Waals surface area contributed by atoms with Crippen LogP contribution in [-0.4, -0.2) is 33.9 Å². The van der Waals surface area contributed by atoms with E-state index in [2.05, 4.69) is 21.8 Å². The monoisotopic (exact) mass is 328 g/mol. The van der Waals surface area contributed by atoms with Gasteiger partial charge in [0.2, 0.25) is 5.91 Å². The van der Waals surface area contributed by atoms with Crippen LogP contribution in [0.15, 0.2) is 0 Å². The van der Waals surface area contributed by atoms with E-state index in [1.165, 1.54) is 31.2 Å². The average Bonchev–Trinajstić information content (AvgIpc) is 2.96. The predicted molar refractivity (Wildman–Crippen MR) is 93.6 cm³/mol. The summed E-state index contributed by atoms with van der Waals surface area (Å²) in [6.45, 7) is 7.76. The van der Waals surface area contributed by atoms with Crippen molar-refractivity contribution in [3.63, 3.8) is 0 Å². The van der Waals surface area contributed by atoms with Crippen molar-refractivity contribution in [3.05, 3.63) is 17.1 Å². The van der Waals surface area contributed by atoms with E-state index in [4.69, 9.17) is 0 Å². The van der Waals surface area contributed by atoms with E-state index in [9.17, 15) is 4.79 Å². The Balaban J connectivity index is 1.48. The number of carbonyl (C=O) groups excluding carboxylic acids is 1. The lowest BCUT2D eigenvalue weighted by Crippen LogP contribution is -2.39. The van der Waals surface area contributed by atoms with Crippen LogP contribution in [0.25, 0.3) is 0 Å². The molecule has 24 heavy (non-hydrogen) atoms. The fourth-order valence-electron chi connectivity index (χ4n) is 4.38. The SMILES string of the molecule is CCC1CCC(C(=O)N2Cc3nc(C)nc(N4CCC4)c3C2)CC1. The molecule has 5 nitrogen and oxygen atoms in total. The fraction of sp³-hybridized carbons (Fsp3) is 0.737. The van der Waals surface area contributed by atoms with Crippen LogP contribution >= 0.6 is 0 Å². The van der Waals surface area contributed by atoms with Crippen LogP contribution in [0.1, 0.15) is 62.5 Å². The van der Waals surface area contributed by atoms with Gasteiger partial charge in [0.15, 0.2) is 0 Å². The van der Waals surface area contributed by atoms with Crippen LogP contribution in [0.2, 0.25) is 0 Å². The number of aryl methyl sites for hydroxylation is 1. The Hall–Kier alpha value is -1.65. The second kappa shape index (κ2) is 6.34. The van der Waals surface area contributed by atoms with Gasteiger partial charge in [0.05, 0.1) is 18.8 Å². The molecule has 1 aliphatic carbocycles. The molecule has 1 amide bonds. The average molecular weight is 328 g/mol. The molecule has 0 atom stereocenters. The summed E-state index contributed by atoms with van der Waals surface area (Å²) in [4.78, 5) is 26.6. The third kappa shape index (κ3) is 2.78. The molecule has 3 aliphatic rings. The number of aromatic nitrogens is 2. The van der Waals surface area contributed by atoms with Gasteiger partial charge in [0.25, 0.3) is 0 Å². The van der Waals surface area contributed by atoms with Crippen molar-refractivity contribution in [2.24, 2.45) is 11.8 Å². The zero-order valence-corrected chi connectivity index (χ0v) is 14.9. The summed E-state index contributed by atoms with van der Waals surface area (Å²) in [5.41, 5.74) is 2.26. The number of rotatable bonds is 3. The van der Waals surface area contributed by atoms with E-state index in [0.717, 1.165) is 49.2 Å². The highest BCUT2D eigenvalue weighted by Crippen LogP contribution is 2.36. The lowest BCUT2D eigenvalue weighted by Gasteiger charge is -2.33. The highest BCUT2D eigenvalue weighted by Gasteiger charge is 2.35. The fourth-order valence-corrected chi connectivity index (χ4v) is 4.38. The van der Waals surface area contributed by atoms with Gasteiger partial charge in [-0.3, -0.25) is 4.79 Å². The minimum absolute atomic E-state index is 0.226. The molecule has 0 bridgehead atoms. The first-order chi connectivity index (χ1) is 11.7. The zero-order valence-electron chi connectivity index (χ0n) is 14.9. The Bertz CT molecular complexity index is 632. The summed E-state index contributed by atoms with van der Waals surface area (Å²) >= 11 is 0. The lowest BCUT2D eigenvalue weighted by atomic mass is 9.80. The van der Waals surface area contributed by atoms with E-state index >= 15 is 0 Å². The highest BCUT2D eigenvalue weighted by molar-refractivity contribution is 5.80. The molecule has 5 heteroatoms. The normalized spacial score (nSPS) is 26.2. The maximum Gasteiger partial charge on any atom is 0.226 e. The second-order valence-corrected chi connectivity index (χ2v) is 7.68. The topological polar surface area (TPSA) is 49.3 Å². The molecule has 1 aromatic heterocycles. The van der Waals surface area contributed by atoms with Gasteiger partial charge in [-0.25, -0.2) is 9.97 Å². The van der Waals surface area contributed by atoms with Crippen LogP contribution in [0.5, 0.6) is 0 Å². The molecule has 1 saturated heterocycles. The molecular weight excluding hydrogens is 300 g/mol. The molecule has 0 N–H and O–H groups in total. The van der Waals surface area contributed by atoms with E-state index in [-0.39, 0.29) is 5.92 Å². The molecule has 4 rings (SSSR count). The molecule has 2 aliphatic heterocycles. The molecule has 0 unspecified atom stereocenters. The minimum atomic E-state index is 0.226. The molecule has 3 heterocycles. The number of anilines is 1. The summed E-state index contributed by atoms with van der Waals surface area (Å²) in [6.07, 6.45) is 7.05. The van der Waals surface area contributed by atoms with E-state index in [1.807, 2.05) is 11.8 Å². The quantitative estimate of drug-likeness (QED) is 0.856. The Kier molecular flexibility index (Phi) is 4.19. The predicted octanol–water partition coefficient (Wildman–Crippen LogP) is 3.05. The second-order valence-electron chi connectivity index (χ2n) is 7.68. The van der Waals surface area contributed by atoms with E-state index in [1.54, 1.807) is 0 Å². The van der Waals surface area contributed by atoms with E-state index in [0.29, 0.717) is 19.0 Å². The first-order valence-corrected chi connectivity index (χ1v) is 9.55. The largest absolute Gasteiger partial charge is 0.356 e. The van der Waals surface area contributed by atoms with Gasteiger partial charge in [0.1, 0.15) is 11.6 Å². The maximum atomic E-state index is 13.0. The highest BCUT2D eigenvalue weighted by atomic mass is 16.2. The minimum Gasteiger partial charge on any atom is -0.356 e. The summed E-state index contributed by atoms with van der Waals surface area (Å²) in [6, 6.07) is 0. The number of hydrogen-bond acceptors (Lipinski definition) is 4. The van der Waals surface area contributed by atoms with Gasteiger partial charge >= 0.3 is 0 Å². The number of amides is 1. The van der Waals surface area contributed by atoms with Crippen LogP contribution in [-0.2, 0) is 17.9 Å². The standard InChI is InChI=1S/C19H28N4O/c1-3-14-5-7-15(8-6-14)19(24)23-11-16-17(12-23)20-13(2)21-18(16)22-9-4-10-22/h14-15H,3-12H2,1-2H3. The summed E-state index contributed by atoms with van der Waals surface area (Å²) in [7, 11) is 0. The first kappa shape index (κ1) is 15.9. The third-order valence-electron chi connectivity index (χ3n) is 6.11. The zero-order chi connectivity index (χ0) is 16.7. The van der Waals surface area contributed by atoms with Crippen molar-refractivity contribution in [2.75, 3.05) is 18.0 Å². The van der Waals surface area contributed by atoms with Gasteiger partial charge in [0, 0.05) is 24.6 Å². The van der Waals surface area contributed by atoms with Crippen LogP contribution < -0.4 is 4.90 Å². The summed E-state index contributed by atoms with van der Waals surface area (Å²) in [5.74, 6) is 3.30. The summed E-state index contributed by atoms with van der Waals surface area (Å²) in [5, 5.41) is 0. The van der Waals surface area contributed by atoms with Gasteiger partial charge in [-0.15, -0.1) is 0 Å². The Labute approximate surface area is 144 Å². The van der Waals surface area contributed by atoms with Crippen LogP contribution in [0.3, 0.4) is 0 Å². The molecule has 130 valence electrons. The molecule has 0 aromatic carbocycles. The number of fused-ring (bicyclic) bond motifs is 1. The molecule has 1 aromatic rings. The van der Waals surface area contributed by atoms with Gasteiger partial charge < -0.3 is 9.80 Å². The van der Waals surface area contributed by atoms with Gasteiger partial charge in [-0.2, -0.15) is 0 Å². The van der Waals surface area contributed by atoms with Gasteiger partial charge in [-0.05, 0) is 44.9 Å². The Morgan fingerprint density at radius 3 is 2.50 bits per heavy atom. The Morgan fingerprint density at radius 2 is 1.88 bits per heavy atom. The molecule has 0 radical (unpaired) electrons. The van der Waals surface area contributed by atoms with Crippen molar-refractivity contribution in [2.45, 2.75) is 65.5 Å². The molecule has 2 fully saturated rings. The van der Waals surface area contributed by atoms with Crippen molar-refractivity contribution < 1.29 is 4.79 Å². The van der Waals surface area contributed by atoms with Crippen molar-refractivity contribution in [3.8, 4) is 0 Å². The number of nitrogens with zero attached hydrogens (tertiary/aromatic N) is 4. The summed E-state index contributed by atoms with van der Waals surface area (Å²) < 4.78 is 0. The van der Waals surface area contributed by atoms with Gasteiger partial charge in [-0.1, -0.05) is 13.3 Å². The van der Waals surface area contributed by atoms with Crippen LogP contribution in [0.4, 0.5) is 5.82 Å². The first-order valence-electron chi connectivity index (χ1n) is 9.55. The molecule has 1 saturated carbocycles. The van der Waals surface area contributed by atoms with E-state index < -0.39 is 0 Å². The number of hydrogen-bond donors (Lipinski definition) is 0. The third-order valence-corrected chi connectivity index (χ3v) is 6.11. The van der Waals surface area contributed by atoms with Crippen molar-refractivity contribution >= 4 is 11.7 Å². The number of carbonyl (C=O) groups is 1. The Morgan fingerprint density at radius 1 is 1.12 bits per heavy atom. The van der Waals surface area contributed by atoms with Crippen molar-refractivity contribution in [1.82, 2.24) is 14.9 Å². The maximum absolute atomic E-state index is 13.0. The lowest BCUT2D eigenvalue weighted by molar-refractivity contribution is -0.137. The van der Waals surface area contributed by atoms with Crippen LogP contribution in [0, 0.1) is 18.8 Å².